The van der Waals surface area contributed by atoms with Crippen molar-refractivity contribution in [1.82, 2.24) is 14.5 Å². The number of aryl methyl sites for hydroxylation is 1. The van der Waals surface area contributed by atoms with E-state index >= 15 is 0 Å². The number of nitrogens with two attached hydrogens (primary N) is 1. The van der Waals surface area contributed by atoms with Crippen molar-refractivity contribution >= 4 is 30.7 Å². The third kappa shape index (κ3) is 4.42. The largest absolute Gasteiger partial charge is 0.364 e. The molecular weight excluding hydrogens is 351 g/mol. The molecule has 0 aromatic carbocycles. The average molecular weight is 379 g/mol. The van der Waals surface area contributed by atoms with Crippen molar-refractivity contribution in [3.8, 4) is 0 Å². The quantitative estimate of drug-likeness (QED) is 0.868. The monoisotopic (exact) mass is 378 g/mol. The molecule has 1 aromatic rings. The number of hydrogen-bond acceptors (Lipinski definition) is 4. The summed E-state index contributed by atoms with van der Waals surface area (Å²) >= 11 is 0. The van der Waals surface area contributed by atoms with Crippen molar-refractivity contribution in [3.05, 3.63) is 18.2 Å². The molecule has 0 spiro atoms. The van der Waals surface area contributed by atoms with Crippen LogP contribution in [0.5, 0.6) is 0 Å². The predicted octanol–water partition coefficient (Wildman–Crippen LogP) is 1.96. The van der Waals surface area contributed by atoms with Crippen LogP contribution in [0, 0.1) is 0 Å². The lowest BCUT2D eigenvalue weighted by Crippen LogP contribution is -2.45. The number of halogens is 2. The number of piperidine rings is 1. The molecule has 1 amide bonds. The van der Waals surface area contributed by atoms with Crippen molar-refractivity contribution in [3.63, 3.8) is 0 Å². The van der Waals surface area contributed by atoms with Gasteiger partial charge in [0.05, 0.1) is 12.1 Å². The van der Waals surface area contributed by atoms with Crippen LogP contribution in [-0.2, 0) is 16.0 Å². The van der Waals surface area contributed by atoms with Crippen molar-refractivity contribution in [1.29, 1.82) is 0 Å². The van der Waals surface area contributed by atoms with Crippen LogP contribution in [0.15, 0.2) is 12.4 Å². The molecule has 1 aromatic heterocycles. The SMILES string of the molecule is CCc1nccn1C1CCCN(C(=O)[C@@H]2CC[C@H](CN)O2)C1.Cl.Cl. The number of nitrogens with zero attached hydrogens (tertiary/aromatic N) is 3. The number of ether oxygens (including phenoxy) is 1. The highest BCUT2D eigenvalue weighted by Crippen LogP contribution is 2.26. The molecule has 8 heteroatoms. The number of carbonyl (C=O) groups excluding carboxylic acids is 1. The molecule has 2 aliphatic heterocycles. The maximum Gasteiger partial charge on any atom is 0.251 e. The molecule has 6 nitrogen and oxygen atoms in total. The van der Waals surface area contributed by atoms with Gasteiger partial charge in [-0.2, -0.15) is 0 Å². The van der Waals surface area contributed by atoms with Gasteiger partial charge in [-0.25, -0.2) is 4.98 Å². The zero-order valence-corrected chi connectivity index (χ0v) is 15.7. The summed E-state index contributed by atoms with van der Waals surface area (Å²) in [6.45, 7) is 4.21. The lowest BCUT2D eigenvalue weighted by atomic mass is 10.0. The number of carbonyl (C=O) groups is 1. The van der Waals surface area contributed by atoms with Crippen LogP contribution in [0.25, 0.3) is 0 Å². The van der Waals surface area contributed by atoms with Gasteiger partial charge in [0, 0.05) is 38.4 Å². The number of amides is 1. The second-order valence-electron chi connectivity index (χ2n) is 6.24. The Balaban J connectivity index is 0.00000144. The van der Waals surface area contributed by atoms with Gasteiger partial charge < -0.3 is 19.9 Å². The first-order valence-corrected chi connectivity index (χ1v) is 8.39. The lowest BCUT2D eigenvalue weighted by Gasteiger charge is -2.35. The Bertz CT molecular complexity index is 526. The fourth-order valence-electron chi connectivity index (χ4n) is 3.60. The van der Waals surface area contributed by atoms with E-state index in [2.05, 4.69) is 16.5 Å². The molecule has 0 saturated carbocycles. The van der Waals surface area contributed by atoms with Gasteiger partial charge in [0.15, 0.2) is 0 Å². The highest BCUT2D eigenvalue weighted by Gasteiger charge is 2.35. The summed E-state index contributed by atoms with van der Waals surface area (Å²) in [4.78, 5) is 19.0. The smallest absolute Gasteiger partial charge is 0.251 e. The first-order valence-electron chi connectivity index (χ1n) is 8.39. The predicted molar refractivity (Wildman–Crippen MR) is 97.9 cm³/mol. The van der Waals surface area contributed by atoms with Gasteiger partial charge in [0.2, 0.25) is 0 Å². The molecule has 1 unspecified atom stereocenters. The van der Waals surface area contributed by atoms with Gasteiger partial charge in [-0.15, -0.1) is 24.8 Å². The minimum absolute atomic E-state index is 0. The molecule has 2 fully saturated rings. The van der Waals surface area contributed by atoms with Gasteiger partial charge in [0.1, 0.15) is 11.9 Å². The Labute approximate surface area is 155 Å². The Morgan fingerprint density at radius 3 is 2.83 bits per heavy atom. The summed E-state index contributed by atoms with van der Waals surface area (Å²) in [6, 6.07) is 0.335. The highest BCUT2D eigenvalue weighted by molar-refractivity contribution is 5.85. The fraction of sp³-hybridized carbons (Fsp3) is 0.750. The summed E-state index contributed by atoms with van der Waals surface area (Å²) in [6.07, 6.45) is 8.39. The number of aromatic nitrogens is 2. The minimum atomic E-state index is -0.291. The van der Waals surface area contributed by atoms with E-state index in [-0.39, 0.29) is 42.9 Å². The molecule has 24 heavy (non-hydrogen) atoms. The van der Waals surface area contributed by atoms with Crippen molar-refractivity contribution in [2.75, 3.05) is 19.6 Å². The molecule has 138 valence electrons. The standard InChI is InChI=1S/C16H26N4O2.2ClH/c1-2-15-18-7-9-20(15)12-4-3-8-19(11-12)16(21)14-6-5-13(10-17)22-14;;/h7,9,12-14H,2-6,8,10-11,17H2,1H3;2*1H/t12?,13-,14+;;/m1../s1. The van der Waals surface area contributed by atoms with E-state index in [4.69, 9.17) is 10.5 Å². The van der Waals surface area contributed by atoms with Gasteiger partial charge >= 0.3 is 0 Å². The second-order valence-corrected chi connectivity index (χ2v) is 6.24. The molecule has 0 bridgehead atoms. The van der Waals surface area contributed by atoms with Gasteiger partial charge in [-0.05, 0) is 25.7 Å². The van der Waals surface area contributed by atoms with E-state index in [1.807, 2.05) is 17.3 Å². The molecule has 3 rings (SSSR count). The van der Waals surface area contributed by atoms with Crippen LogP contribution in [0.3, 0.4) is 0 Å². The topological polar surface area (TPSA) is 73.4 Å². The first-order chi connectivity index (χ1) is 10.7. The van der Waals surface area contributed by atoms with E-state index in [1.54, 1.807) is 0 Å². The van der Waals surface area contributed by atoms with Crippen LogP contribution < -0.4 is 5.73 Å². The van der Waals surface area contributed by atoms with Gasteiger partial charge in [-0.1, -0.05) is 6.92 Å². The summed E-state index contributed by atoms with van der Waals surface area (Å²) in [5, 5.41) is 0. The normalized spacial score (nSPS) is 26.6. The lowest BCUT2D eigenvalue weighted by molar-refractivity contribution is -0.144. The fourth-order valence-corrected chi connectivity index (χ4v) is 3.60. The van der Waals surface area contributed by atoms with Gasteiger partial charge in [0.25, 0.3) is 5.91 Å². The average Bonchev–Trinajstić information content (AvgIpc) is 3.23. The summed E-state index contributed by atoms with van der Waals surface area (Å²) in [7, 11) is 0. The number of likely N-dealkylation sites (tertiary alicyclic amines) is 1. The molecule has 0 aliphatic carbocycles. The summed E-state index contributed by atoms with van der Waals surface area (Å²) < 4.78 is 7.99. The van der Waals surface area contributed by atoms with Gasteiger partial charge in [-0.3, -0.25) is 4.79 Å². The zero-order valence-electron chi connectivity index (χ0n) is 14.1. The zero-order chi connectivity index (χ0) is 15.5. The molecule has 0 radical (unpaired) electrons. The Kier molecular flexibility index (Phi) is 8.50. The van der Waals surface area contributed by atoms with Crippen LogP contribution in [0.1, 0.15) is 44.5 Å². The van der Waals surface area contributed by atoms with E-state index in [1.165, 1.54) is 0 Å². The van der Waals surface area contributed by atoms with Crippen LogP contribution >= 0.6 is 24.8 Å². The van der Waals surface area contributed by atoms with Crippen molar-refractivity contribution < 1.29 is 9.53 Å². The van der Waals surface area contributed by atoms with Crippen LogP contribution in [0.4, 0.5) is 0 Å². The third-order valence-corrected chi connectivity index (χ3v) is 4.81. The third-order valence-electron chi connectivity index (χ3n) is 4.81. The molecule has 3 heterocycles. The Morgan fingerprint density at radius 2 is 2.17 bits per heavy atom. The molecule has 2 N–H and O–H groups in total. The number of hydrogen-bond donors (Lipinski definition) is 1. The van der Waals surface area contributed by atoms with Crippen molar-refractivity contribution in [2.24, 2.45) is 5.73 Å². The maximum atomic E-state index is 12.7. The highest BCUT2D eigenvalue weighted by atomic mass is 35.5. The Morgan fingerprint density at radius 1 is 1.38 bits per heavy atom. The first kappa shape index (κ1) is 21.2. The Hall–Kier alpha value is -0.820. The maximum absolute atomic E-state index is 12.7. The second kappa shape index (κ2) is 9.61. The van der Waals surface area contributed by atoms with E-state index in [0.717, 1.165) is 51.0 Å². The molecule has 2 saturated heterocycles. The molecule has 2 aliphatic rings. The minimum Gasteiger partial charge on any atom is -0.364 e. The van der Waals surface area contributed by atoms with E-state index in [9.17, 15) is 4.79 Å². The summed E-state index contributed by atoms with van der Waals surface area (Å²) in [5.41, 5.74) is 5.63. The molecule has 3 atom stereocenters. The number of rotatable bonds is 4. The van der Waals surface area contributed by atoms with E-state index in [0.29, 0.717) is 12.6 Å². The van der Waals surface area contributed by atoms with Crippen molar-refractivity contribution in [2.45, 2.75) is 57.3 Å². The molecular formula is C16H28Cl2N4O2. The van der Waals surface area contributed by atoms with Crippen LogP contribution in [0.2, 0.25) is 0 Å². The van der Waals surface area contributed by atoms with E-state index < -0.39 is 0 Å². The summed E-state index contributed by atoms with van der Waals surface area (Å²) in [5.74, 6) is 1.23. The number of imidazole rings is 1. The van der Waals surface area contributed by atoms with Crippen LogP contribution in [-0.4, -0.2) is 52.2 Å².